The molecule has 11 heteroatoms. The van der Waals surface area contributed by atoms with Gasteiger partial charge in [0.2, 0.25) is 10.0 Å². The average molecular weight is 622 g/mol. The summed E-state index contributed by atoms with van der Waals surface area (Å²) in [6, 6.07) is 9.61. The Kier molecular flexibility index (Phi) is 12.7. The Balaban J connectivity index is 2.46. The lowest BCUT2D eigenvalue weighted by Crippen LogP contribution is -2.44. The van der Waals surface area contributed by atoms with Crippen molar-refractivity contribution in [3.05, 3.63) is 64.1 Å². The maximum Gasteiger partial charge on any atom is 0.416 e. The molecule has 0 aromatic heterocycles. The topological polar surface area (TPSA) is 86.7 Å². The van der Waals surface area contributed by atoms with Crippen LogP contribution in [0, 0.1) is 5.92 Å². The van der Waals surface area contributed by atoms with Gasteiger partial charge in [0, 0.05) is 23.6 Å². The van der Waals surface area contributed by atoms with Gasteiger partial charge in [-0.05, 0) is 61.3 Å². The van der Waals surface area contributed by atoms with Gasteiger partial charge < -0.3 is 10.4 Å². The summed E-state index contributed by atoms with van der Waals surface area (Å²) in [4.78, 5) is 12.6. The fourth-order valence-electron chi connectivity index (χ4n) is 4.15. The molecule has 0 aliphatic carbocycles. The van der Waals surface area contributed by atoms with Crippen LogP contribution in [-0.4, -0.2) is 43.4 Å². The predicted molar refractivity (Wildman–Crippen MR) is 145 cm³/mol. The van der Waals surface area contributed by atoms with Crippen LogP contribution in [0.1, 0.15) is 69.5 Å². The van der Waals surface area contributed by atoms with Gasteiger partial charge in [-0.25, -0.2) is 8.42 Å². The van der Waals surface area contributed by atoms with Crippen molar-refractivity contribution in [1.82, 2.24) is 9.62 Å². The van der Waals surface area contributed by atoms with Gasteiger partial charge in [-0.2, -0.15) is 17.5 Å². The van der Waals surface area contributed by atoms with Gasteiger partial charge in [-0.3, -0.25) is 4.79 Å². The van der Waals surface area contributed by atoms with Crippen molar-refractivity contribution in [1.29, 1.82) is 0 Å². The molecular formula is C27H36BrF3N2O4S. The second kappa shape index (κ2) is 15.0. The van der Waals surface area contributed by atoms with E-state index >= 15 is 0 Å². The third-order valence-electron chi connectivity index (χ3n) is 6.32. The van der Waals surface area contributed by atoms with Crippen LogP contribution in [-0.2, 0) is 21.0 Å². The number of hydrogen-bond donors (Lipinski definition) is 2. The van der Waals surface area contributed by atoms with Gasteiger partial charge >= 0.3 is 12.1 Å². The van der Waals surface area contributed by atoms with Crippen LogP contribution < -0.4 is 5.32 Å². The first-order valence-corrected chi connectivity index (χ1v) is 15.0. The number of aliphatic carboxylic acids is 1. The van der Waals surface area contributed by atoms with Crippen LogP contribution >= 0.6 is 15.9 Å². The Morgan fingerprint density at radius 1 is 0.974 bits per heavy atom. The highest BCUT2D eigenvalue weighted by atomic mass is 79.9. The van der Waals surface area contributed by atoms with E-state index < -0.39 is 39.7 Å². The van der Waals surface area contributed by atoms with E-state index in [0.29, 0.717) is 23.0 Å². The van der Waals surface area contributed by atoms with Crippen LogP contribution in [0.2, 0.25) is 0 Å². The Labute approximate surface area is 231 Å². The smallest absolute Gasteiger partial charge is 0.416 e. The molecule has 0 bridgehead atoms. The van der Waals surface area contributed by atoms with E-state index in [-0.39, 0.29) is 18.0 Å². The van der Waals surface area contributed by atoms with Gasteiger partial charge in [0.05, 0.1) is 16.4 Å². The molecule has 0 saturated carbocycles. The van der Waals surface area contributed by atoms with Crippen LogP contribution in [0.3, 0.4) is 0 Å². The largest absolute Gasteiger partial charge is 0.481 e. The number of sulfonamides is 1. The number of halogens is 4. The molecule has 6 nitrogen and oxygen atoms in total. The molecule has 0 saturated heterocycles. The molecule has 212 valence electrons. The van der Waals surface area contributed by atoms with Gasteiger partial charge in [0.1, 0.15) is 0 Å². The number of rotatable bonds is 16. The molecular weight excluding hydrogens is 585 g/mol. The van der Waals surface area contributed by atoms with Gasteiger partial charge in [-0.15, -0.1) is 0 Å². The van der Waals surface area contributed by atoms with Crippen LogP contribution in [0.5, 0.6) is 0 Å². The summed E-state index contributed by atoms with van der Waals surface area (Å²) < 4.78 is 68.5. The summed E-state index contributed by atoms with van der Waals surface area (Å²) in [6.07, 6.45) is 0.217. The lowest BCUT2D eigenvalue weighted by atomic mass is 9.91. The highest BCUT2D eigenvalue weighted by molar-refractivity contribution is 9.10. The van der Waals surface area contributed by atoms with Crippen molar-refractivity contribution < 1.29 is 31.5 Å². The monoisotopic (exact) mass is 620 g/mol. The number of carboxylic acids is 1. The quantitative estimate of drug-likeness (QED) is 0.200. The molecule has 0 aliphatic rings. The number of nitrogens with one attached hydrogen (secondary N) is 1. The first-order chi connectivity index (χ1) is 17.9. The second-order valence-electron chi connectivity index (χ2n) is 9.23. The third-order valence-corrected chi connectivity index (χ3v) is 8.73. The Morgan fingerprint density at radius 2 is 1.55 bits per heavy atom. The number of hydrogen-bond acceptors (Lipinski definition) is 4. The van der Waals surface area contributed by atoms with Crippen molar-refractivity contribution in [3.63, 3.8) is 0 Å². The summed E-state index contributed by atoms with van der Waals surface area (Å²) >= 11 is 3.29. The molecule has 38 heavy (non-hydrogen) atoms. The number of unbranched alkanes of at least 4 members (excludes halogenated alkanes) is 4. The van der Waals surface area contributed by atoms with Crippen LogP contribution in [0.15, 0.2) is 57.9 Å². The molecule has 0 amide bonds. The Hall–Kier alpha value is -1.95. The van der Waals surface area contributed by atoms with E-state index in [9.17, 15) is 31.5 Å². The maximum atomic E-state index is 13.6. The zero-order valence-electron chi connectivity index (χ0n) is 21.7. The van der Waals surface area contributed by atoms with Crippen molar-refractivity contribution in [2.75, 3.05) is 19.6 Å². The Morgan fingerprint density at radius 3 is 2.08 bits per heavy atom. The first kappa shape index (κ1) is 32.3. The minimum absolute atomic E-state index is 0.0447. The number of benzene rings is 2. The molecule has 0 aliphatic heterocycles. The zero-order chi connectivity index (χ0) is 28.3. The number of carboxylic acid groups (broad SMARTS) is 1. The molecule has 0 radical (unpaired) electrons. The van der Waals surface area contributed by atoms with E-state index in [0.717, 1.165) is 44.2 Å². The molecule has 2 aromatic rings. The highest BCUT2D eigenvalue weighted by Gasteiger charge is 2.36. The van der Waals surface area contributed by atoms with E-state index in [1.807, 2.05) is 13.8 Å². The van der Waals surface area contributed by atoms with E-state index in [2.05, 4.69) is 21.2 Å². The Bertz CT molecular complexity index is 1110. The highest BCUT2D eigenvalue weighted by Crippen LogP contribution is 2.32. The van der Waals surface area contributed by atoms with E-state index in [1.165, 1.54) is 28.6 Å². The van der Waals surface area contributed by atoms with Crippen molar-refractivity contribution in [2.45, 2.75) is 69.5 Å². The van der Waals surface area contributed by atoms with Crippen LogP contribution in [0.4, 0.5) is 13.2 Å². The molecule has 2 N–H and O–H groups in total. The maximum absolute atomic E-state index is 13.6. The fourth-order valence-corrected chi connectivity index (χ4v) is 5.92. The molecule has 2 atom stereocenters. The number of alkyl halides is 3. The zero-order valence-corrected chi connectivity index (χ0v) is 24.1. The van der Waals surface area contributed by atoms with Crippen molar-refractivity contribution in [2.24, 2.45) is 5.92 Å². The molecule has 0 heterocycles. The number of carbonyl (C=O) groups is 1. The van der Waals surface area contributed by atoms with E-state index in [4.69, 9.17) is 0 Å². The summed E-state index contributed by atoms with van der Waals surface area (Å²) in [5.74, 6) is -2.47. The van der Waals surface area contributed by atoms with Crippen LogP contribution in [0.25, 0.3) is 0 Å². The lowest BCUT2D eigenvalue weighted by molar-refractivity contribution is -0.143. The van der Waals surface area contributed by atoms with Gasteiger partial charge in [-0.1, -0.05) is 67.6 Å². The minimum Gasteiger partial charge on any atom is -0.481 e. The fraction of sp³-hybridized carbons (Fsp3) is 0.519. The summed E-state index contributed by atoms with van der Waals surface area (Å²) in [6.45, 7) is 4.25. The molecule has 2 rings (SSSR count). The minimum atomic E-state index is -4.52. The SMILES string of the molecule is CCCCCNC(c1ccc(C(F)(F)F)cc1)C(CN(CCCCC)S(=O)(=O)c1ccc(Br)cc1)C(=O)O. The van der Waals surface area contributed by atoms with Crippen molar-refractivity contribution in [3.8, 4) is 0 Å². The summed E-state index contributed by atoms with van der Waals surface area (Å²) in [7, 11) is -4.03. The average Bonchev–Trinajstić information content (AvgIpc) is 2.86. The first-order valence-electron chi connectivity index (χ1n) is 12.8. The normalized spacial score (nSPS) is 14.0. The molecule has 2 unspecified atom stereocenters. The van der Waals surface area contributed by atoms with Crippen molar-refractivity contribution >= 4 is 31.9 Å². The second-order valence-corrected chi connectivity index (χ2v) is 12.1. The lowest BCUT2D eigenvalue weighted by Gasteiger charge is -2.31. The molecule has 0 fully saturated rings. The summed E-state index contributed by atoms with van der Waals surface area (Å²) in [5.41, 5.74) is -0.478. The third kappa shape index (κ3) is 9.36. The molecule has 0 spiro atoms. The molecule has 2 aromatic carbocycles. The predicted octanol–water partition coefficient (Wildman–Crippen LogP) is 6.87. The van der Waals surface area contributed by atoms with Gasteiger partial charge in [0.15, 0.2) is 0 Å². The summed E-state index contributed by atoms with van der Waals surface area (Å²) in [5, 5.41) is 13.4. The van der Waals surface area contributed by atoms with E-state index in [1.54, 1.807) is 12.1 Å². The number of nitrogens with zero attached hydrogens (tertiary/aromatic N) is 1. The standard InChI is InChI=1S/C27H36BrF3N2O4S/c1-3-5-7-17-32-25(20-9-11-21(12-10-20)27(29,30)31)24(26(34)35)19-33(18-8-6-4-2)38(36,37)23-15-13-22(28)14-16-23/h9-16,24-25,32H,3-8,17-19H2,1-2H3,(H,34,35). The van der Waals surface area contributed by atoms with Gasteiger partial charge in [0.25, 0.3) is 0 Å².